The Morgan fingerprint density at radius 3 is 2.84 bits per heavy atom. The Labute approximate surface area is 124 Å². The van der Waals surface area contributed by atoms with Crippen LogP contribution in [0.5, 0.6) is 0 Å². The van der Waals surface area contributed by atoms with Gasteiger partial charge in [0.15, 0.2) is 0 Å². The molecule has 0 aliphatic heterocycles. The molecule has 0 radical (unpaired) electrons. The lowest BCUT2D eigenvalue weighted by Crippen LogP contribution is -2.15. The molecule has 0 saturated carbocycles. The summed E-state index contributed by atoms with van der Waals surface area (Å²) >= 11 is 9.28. The first-order chi connectivity index (χ1) is 8.99. The molecule has 1 aromatic heterocycles. The molecular weight excluding hydrogens is 330 g/mol. The van der Waals surface area contributed by atoms with Crippen LogP contribution in [0.3, 0.4) is 0 Å². The van der Waals surface area contributed by atoms with E-state index in [0.29, 0.717) is 16.4 Å². The fourth-order valence-corrected chi connectivity index (χ4v) is 2.08. The van der Waals surface area contributed by atoms with Gasteiger partial charge in [-0.05, 0) is 46.6 Å². The highest BCUT2D eigenvalue weighted by Gasteiger charge is 2.14. The Morgan fingerprint density at radius 2 is 2.21 bits per heavy atom. The zero-order valence-corrected chi connectivity index (χ0v) is 12.4. The van der Waals surface area contributed by atoms with E-state index in [1.54, 1.807) is 24.4 Å². The summed E-state index contributed by atoms with van der Waals surface area (Å²) in [6.07, 6.45) is 1.56. The minimum absolute atomic E-state index is 0.268. The predicted octanol–water partition coefficient (Wildman–Crippen LogP) is 3.64. The number of anilines is 2. The van der Waals surface area contributed by atoms with Crippen molar-refractivity contribution in [3.8, 4) is 0 Å². The van der Waals surface area contributed by atoms with Crippen molar-refractivity contribution in [2.24, 2.45) is 0 Å². The molecule has 0 fully saturated rings. The summed E-state index contributed by atoms with van der Waals surface area (Å²) in [7, 11) is 0. The normalized spacial score (nSPS) is 10.3. The first-order valence-corrected chi connectivity index (χ1v) is 6.63. The summed E-state index contributed by atoms with van der Waals surface area (Å²) in [5, 5.41) is 3.04. The Balaban J connectivity index is 2.28. The number of nitrogens with two attached hydrogens (primary N) is 1. The maximum atomic E-state index is 12.1. The molecular formula is C13H11BrClN3O. The maximum absolute atomic E-state index is 12.1. The van der Waals surface area contributed by atoms with Crippen LogP contribution in [0.4, 0.5) is 11.4 Å². The van der Waals surface area contributed by atoms with Crippen LogP contribution in [0.15, 0.2) is 35.1 Å². The van der Waals surface area contributed by atoms with Crippen LogP contribution in [0, 0.1) is 6.92 Å². The van der Waals surface area contributed by atoms with E-state index in [9.17, 15) is 4.79 Å². The number of aromatic nitrogens is 1. The molecule has 0 aliphatic rings. The number of nitrogen functional groups attached to an aromatic ring is 1. The van der Waals surface area contributed by atoms with Crippen LogP contribution in [0.25, 0.3) is 0 Å². The van der Waals surface area contributed by atoms with E-state index in [1.165, 1.54) is 0 Å². The SMILES string of the molecule is Cc1cc(NC(=O)c2c(N)cccc2Cl)cnc1Br. The summed E-state index contributed by atoms with van der Waals surface area (Å²) in [5.41, 5.74) is 7.88. The van der Waals surface area contributed by atoms with Gasteiger partial charge in [-0.3, -0.25) is 4.79 Å². The first kappa shape index (κ1) is 13.8. The fourth-order valence-electron chi connectivity index (χ4n) is 1.60. The zero-order chi connectivity index (χ0) is 14.0. The van der Waals surface area contributed by atoms with Gasteiger partial charge in [-0.1, -0.05) is 17.7 Å². The van der Waals surface area contributed by atoms with Gasteiger partial charge in [-0.15, -0.1) is 0 Å². The van der Waals surface area contributed by atoms with Crippen molar-refractivity contribution in [2.45, 2.75) is 6.92 Å². The zero-order valence-electron chi connectivity index (χ0n) is 10.1. The van der Waals surface area contributed by atoms with E-state index in [-0.39, 0.29) is 11.5 Å². The van der Waals surface area contributed by atoms with Crippen LogP contribution in [-0.4, -0.2) is 10.9 Å². The molecule has 98 valence electrons. The molecule has 19 heavy (non-hydrogen) atoms. The van der Waals surface area contributed by atoms with Crippen molar-refractivity contribution in [3.63, 3.8) is 0 Å². The number of aryl methyl sites for hydroxylation is 1. The second kappa shape index (κ2) is 5.59. The number of pyridine rings is 1. The number of nitrogens with zero attached hydrogens (tertiary/aromatic N) is 1. The maximum Gasteiger partial charge on any atom is 0.259 e. The van der Waals surface area contributed by atoms with Gasteiger partial charge in [0.1, 0.15) is 4.60 Å². The number of benzene rings is 1. The molecule has 0 unspecified atom stereocenters. The average Bonchev–Trinajstić information content (AvgIpc) is 2.33. The lowest BCUT2D eigenvalue weighted by molar-refractivity contribution is 0.102. The molecule has 2 rings (SSSR count). The van der Waals surface area contributed by atoms with E-state index in [2.05, 4.69) is 26.2 Å². The third-order valence-corrected chi connectivity index (χ3v) is 3.69. The Hall–Kier alpha value is -1.59. The molecule has 4 nitrogen and oxygen atoms in total. The summed E-state index contributed by atoms with van der Waals surface area (Å²) in [6.45, 7) is 1.89. The Kier molecular flexibility index (Phi) is 4.07. The van der Waals surface area contributed by atoms with E-state index in [1.807, 2.05) is 13.0 Å². The number of amides is 1. The van der Waals surface area contributed by atoms with Crippen molar-refractivity contribution in [1.29, 1.82) is 0 Å². The second-order valence-corrected chi connectivity index (χ2v) is 5.15. The summed E-state index contributed by atoms with van der Waals surface area (Å²) in [6, 6.07) is 6.76. The number of nitrogens with one attached hydrogen (secondary N) is 1. The molecule has 0 saturated heterocycles. The van der Waals surface area contributed by atoms with Crippen LogP contribution in [-0.2, 0) is 0 Å². The van der Waals surface area contributed by atoms with E-state index < -0.39 is 0 Å². The minimum atomic E-state index is -0.355. The molecule has 0 atom stereocenters. The van der Waals surface area contributed by atoms with Gasteiger partial charge in [0.2, 0.25) is 0 Å². The molecule has 0 bridgehead atoms. The molecule has 2 aromatic rings. The minimum Gasteiger partial charge on any atom is -0.398 e. The van der Waals surface area contributed by atoms with Crippen LogP contribution < -0.4 is 11.1 Å². The van der Waals surface area contributed by atoms with E-state index in [0.717, 1.165) is 10.2 Å². The third kappa shape index (κ3) is 3.05. The number of halogens is 2. The van der Waals surface area contributed by atoms with Crippen molar-refractivity contribution in [3.05, 3.63) is 51.2 Å². The van der Waals surface area contributed by atoms with Crippen LogP contribution in [0.2, 0.25) is 5.02 Å². The Bertz CT molecular complexity index is 626. The highest BCUT2D eigenvalue weighted by molar-refractivity contribution is 9.10. The van der Waals surface area contributed by atoms with Crippen LogP contribution >= 0.6 is 27.5 Å². The second-order valence-electron chi connectivity index (χ2n) is 3.99. The first-order valence-electron chi connectivity index (χ1n) is 5.46. The van der Waals surface area contributed by atoms with Crippen LogP contribution in [0.1, 0.15) is 15.9 Å². The fraction of sp³-hybridized carbons (Fsp3) is 0.0769. The highest BCUT2D eigenvalue weighted by atomic mass is 79.9. The van der Waals surface area contributed by atoms with E-state index >= 15 is 0 Å². The van der Waals surface area contributed by atoms with Crippen molar-refractivity contribution < 1.29 is 4.79 Å². The molecule has 1 aromatic carbocycles. The number of carbonyl (C=O) groups is 1. The lowest BCUT2D eigenvalue weighted by Gasteiger charge is -2.09. The summed E-state index contributed by atoms with van der Waals surface area (Å²) in [5.74, 6) is -0.355. The number of rotatable bonds is 2. The quantitative estimate of drug-likeness (QED) is 0.648. The summed E-state index contributed by atoms with van der Waals surface area (Å²) in [4.78, 5) is 16.2. The van der Waals surface area contributed by atoms with Crippen molar-refractivity contribution >= 4 is 44.8 Å². The highest BCUT2D eigenvalue weighted by Crippen LogP contribution is 2.24. The van der Waals surface area contributed by atoms with Gasteiger partial charge >= 0.3 is 0 Å². The van der Waals surface area contributed by atoms with Gasteiger partial charge in [0, 0.05) is 5.69 Å². The molecule has 3 N–H and O–H groups in total. The Morgan fingerprint density at radius 1 is 1.47 bits per heavy atom. The monoisotopic (exact) mass is 339 g/mol. The molecule has 1 amide bonds. The van der Waals surface area contributed by atoms with Gasteiger partial charge in [0.25, 0.3) is 5.91 Å². The van der Waals surface area contributed by atoms with Crippen molar-refractivity contribution in [2.75, 3.05) is 11.1 Å². The van der Waals surface area contributed by atoms with E-state index in [4.69, 9.17) is 17.3 Å². The average molecular weight is 341 g/mol. The number of carbonyl (C=O) groups excluding carboxylic acids is 1. The van der Waals surface area contributed by atoms with Gasteiger partial charge in [0.05, 0.1) is 22.5 Å². The third-order valence-electron chi connectivity index (χ3n) is 2.55. The lowest BCUT2D eigenvalue weighted by atomic mass is 10.1. The number of hydrogen-bond donors (Lipinski definition) is 2. The van der Waals surface area contributed by atoms with Gasteiger partial charge in [-0.2, -0.15) is 0 Å². The topological polar surface area (TPSA) is 68.0 Å². The molecule has 0 aliphatic carbocycles. The molecule has 1 heterocycles. The summed E-state index contributed by atoms with van der Waals surface area (Å²) < 4.78 is 0.739. The number of hydrogen-bond acceptors (Lipinski definition) is 3. The smallest absolute Gasteiger partial charge is 0.259 e. The van der Waals surface area contributed by atoms with Crippen molar-refractivity contribution in [1.82, 2.24) is 4.98 Å². The van der Waals surface area contributed by atoms with Gasteiger partial charge < -0.3 is 11.1 Å². The standard InChI is InChI=1S/C13H11BrClN3O/c1-7-5-8(6-17-12(7)14)18-13(19)11-9(15)3-2-4-10(11)16/h2-6H,16H2,1H3,(H,18,19). The predicted molar refractivity (Wildman–Crippen MR) is 80.5 cm³/mol. The molecule has 6 heteroatoms. The largest absolute Gasteiger partial charge is 0.398 e. The molecule has 0 spiro atoms. The van der Waals surface area contributed by atoms with Gasteiger partial charge in [-0.25, -0.2) is 4.98 Å².